The summed E-state index contributed by atoms with van der Waals surface area (Å²) in [6.45, 7) is 0.880. The highest BCUT2D eigenvalue weighted by Gasteiger charge is 2.33. The Balaban J connectivity index is 1.58. The van der Waals surface area contributed by atoms with E-state index in [1.54, 1.807) is 71.6 Å². The maximum atomic E-state index is 13.5. The average Bonchev–Trinajstić information content (AvgIpc) is 2.88. The lowest BCUT2D eigenvalue weighted by atomic mass is 10.0. The van der Waals surface area contributed by atoms with Gasteiger partial charge in [0.25, 0.3) is 0 Å². The number of rotatable bonds is 8. The van der Waals surface area contributed by atoms with Gasteiger partial charge >= 0.3 is 5.97 Å². The predicted octanol–water partition coefficient (Wildman–Crippen LogP) is 2.26. The number of carboxylic acids is 1. The molecule has 0 saturated carbocycles. The summed E-state index contributed by atoms with van der Waals surface area (Å²) in [6, 6.07) is 20.0. The van der Waals surface area contributed by atoms with Crippen molar-refractivity contribution in [2.24, 2.45) is 5.73 Å². The lowest BCUT2D eigenvalue weighted by Crippen LogP contribution is -2.58. The van der Waals surface area contributed by atoms with Crippen molar-refractivity contribution >= 4 is 38.9 Å². The van der Waals surface area contributed by atoms with E-state index in [-0.39, 0.29) is 29.7 Å². The number of nitrogens with two attached hydrogens (primary N) is 1. The number of carbonyl (C=O) groups excluding carboxylic acids is 1. The normalized spacial score (nSPS) is 16.1. The lowest BCUT2D eigenvalue weighted by molar-refractivity contribution is -0.139. The Hall–Kier alpha value is -4.22. The van der Waals surface area contributed by atoms with Crippen molar-refractivity contribution in [1.82, 2.24) is 4.90 Å². The maximum absolute atomic E-state index is 13.5. The van der Waals surface area contributed by atoms with Crippen LogP contribution in [0.25, 0.3) is 11.1 Å². The Labute approximate surface area is 221 Å². The molecule has 4 rings (SSSR count). The second-order valence-electron chi connectivity index (χ2n) is 9.14. The van der Waals surface area contributed by atoms with E-state index in [1.807, 2.05) is 11.0 Å². The summed E-state index contributed by atoms with van der Waals surface area (Å²) in [6.07, 6.45) is 1.16. The third kappa shape index (κ3) is 6.18. The maximum Gasteiger partial charge on any atom is 0.317 e. The number of benzene rings is 3. The third-order valence-electron chi connectivity index (χ3n) is 6.36. The molecule has 0 aliphatic carbocycles. The molecule has 1 aliphatic heterocycles. The largest absolute Gasteiger partial charge is 0.480 e. The van der Waals surface area contributed by atoms with Crippen LogP contribution in [-0.4, -0.2) is 74.6 Å². The first-order valence-corrected chi connectivity index (χ1v) is 13.8. The van der Waals surface area contributed by atoms with Crippen LogP contribution in [0.4, 0.5) is 11.4 Å². The molecule has 3 aromatic rings. The van der Waals surface area contributed by atoms with Crippen molar-refractivity contribution < 1.29 is 23.1 Å². The van der Waals surface area contributed by atoms with Crippen LogP contribution >= 0.6 is 0 Å². The standard InChI is InChI=1S/C27H29N5O5S/c1-38(36,37)24-8-3-2-7-22(24)18-9-11-20(12-10-18)30-27(35)23-16-31(17-25(33)34)13-14-32(23)21-6-4-5-19(15-21)26(28)29/h2-12,15,23H,13-14,16-17H2,1H3,(H3,28,29)(H,30,35)(H,33,34). The van der Waals surface area contributed by atoms with E-state index in [0.29, 0.717) is 41.2 Å². The number of nitrogen functional groups attached to an aromatic ring is 1. The molecular weight excluding hydrogens is 506 g/mol. The molecule has 1 saturated heterocycles. The Morgan fingerprint density at radius 3 is 2.42 bits per heavy atom. The summed E-state index contributed by atoms with van der Waals surface area (Å²) in [5.74, 6) is -1.38. The van der Waals surface area contributed by atoms with E-state index in [4.69, 9.17) is 11.1 Å². The predicted molar refractivity (Wildman–Crippen MR) is 146 cm³/mol. The SMILES string of the molecule is CS(=O)(=O)c1ccccc1-c1ccc(NC(=O)C2CN(CC(=O)O)CCN2c2cccc(C(=N)N)c2)cc1. The highest BCUT2D eigenvalue weighted by molar-refractivity contribution is 7.90. The van der Waals surface area contributed by atoms with E-state index < -0.39 is 21.8 Å². The highest BCUT2D eigenvalue weighted by Crippen LogP contribution is 2.29. The van der Waals surface area contributed by atoms with Gasteiger partial charge < -0.3 is 21.1 Å². The minimum absolute atomic E-state index is 0.0881. The Kier molecular flexibility index (Phi) is 7.79. The minimum Gasteiger partial charge on any atom is -0.480 e. The van der Waals surface area contributed by atoms with Gasteiger partial charge in [-0.05, 0) is 35.9 Å². The van der Waals surface area contributed by atoms with Crippen molar-refractivity contribution in [2.45, 2.75) is 10.9 Å². The van der Waals surface area contributed by atoms with Crippen LogP contribution in [0, 0.1) is 5.41 Å². The van der Waals surface area contributed by atoms with E-state index in [0.717, 1.165) is 6.26 Å². The van der Waals surface area contributed by atoms with Crippen LogP contribution in [0.2, 0.25) is 0 Å². The fourth-order valence-corrected chi connectivity index (χ4v) is 5.46. The highest BCUT2D eigenvalue weighted by atomic mass is 32.2. The van der Waals surface area contributed by atoms with Gasteiger partial charge in [0.2, 0.25) is 5.91 Å². The Morgan fingerprint density at radius 2 is 1.76 bits per heavy atom. The molecule has 10 nitrogen and oxygen atoms in total. The number of anilines is 2. The smallest absolute Gasteiger partial charge is 0.317 e. The molecule has 38 heavy (non-hydrogen) atoms. The molecule has 1 aliphatic rings. The van der Waals surface area contributed by atoms with Crippen LogP contribution < -0.4 is 16.0 Å². The minimum atomic E-state index is -3.42. The number of carboxylic acid groups (broad SMARTS) is 1. The Morgan fingerprint density at radius 1 is 1.05 bits per heavy atom. The Bertz CT molecular complexity index is 1470. The van der Waals surface area contributed by atoms with Gasteiger partial charge in [0.05, 0.1) is 11.4 Å². The van der Waals surface area contributed by atoms with E-state index in [9.17, 15) is 23.1 Å². The second kappa shape index (κ2) is 11.0. The summed E-state index contributed by atoms with van der Waals surface area (Å²) < 4.78 is 24.4. The van der Waals surface area contributed by atoms with Crippen molar-refractivity contribution in [3.8, 4) is 11.1 Å². The molecule has 11 heteroatoms. The fraction of sp³-hybridized carbons (Fsp3) is 0.222. The molecule has 0 radical (unpaired) electrons. The summed E-state index contributed by atoms with van der Waals surface area (Å²) in [7, 11) is -3.42. The molecule has 3 aromatic carbocycles. The van der Waals surface area contributed by atoms with Gasteiger partial charge in [-0.2, -0.15) is 0 Å². The zero-order valence-electron chi connectivity index (χ0n) is 20.8. The molecule has 1 atom stereocenters. The quantitative estimate of drug-likeness (QED) is 0.253. The third-order valence-corrected chi connectivity index (χ3v) is 7.52. The molecule has 1 fully saturated rings. The molecular formula is C27H29N5O5S. The van der Waals surface area contributed by atoms with Crippen molar-refractivity contribution in [1.29, 1.82) is 5.41 Å². The summed E-state index contributed by atoms with van der Waals surface area (Å²) >= 11 is 0. The number of nitrogens with one attached hydrogen (secondary N) is 2. The van der Waals surface area contributed by atoms with Crippen LogP contribution in [-0.2, 0) is 19.4 Å². The fourth-order valence-electron chi connectivity index (χ4n) is 4.55. The molecule has 0 aromatic heterocycles. The van der Waals surface area contributed by atoms with Crippen molar-refractivity contribution in [2.75, 3.05) is 42.7 Å². The van der Waals surface area contributed by atoms with E-state index in [2.05, 4.69) is 5.32 Å². The zero-order valence-corrected chi connectivity index (χ0v) is 21.6. The van der Waals surface area contributed by atoms with Gasteiger partial charge in [-0.1, -0.05) is 42.5 Å². The second-order valence-corrected chi connectivity index (χ2v) is 11.1. The molecule has 5 N–H and O–H groups in total. The van der Waals surface area contributed by atoms with Crippen LogP contribution in [0.15, 0.2) is 77.7 Å². The summed E-state index contributed by atoms with van der Waals surface area (Å²) in [4.78, 5) is 28.6. The number of aliphatic carboxylic acids is 1. The van der Waals surface area contributed by atoms with Crippen LogP contribution in [0.3, 0.4) is 0 Å². The molecule has 0 bridgehead atoms. The van der Waals surface area contributed by atoms with Crippen LogP contribution in [0.1, 0.15) is 5.56 Å². The van der Waals surface area contributed by atoms with Gasteiger partial charge in [-0.15, -0.1) is 0 Å². The zero-order chi connectivity index (χ0) is 27.4. The van der Waals surface area contributed by atoms with Gasteiger partial charge in [0.1, 0.15) is 11.9 Å². The van der Waals surface area contributed by atoms with Crippen molar-refractivity contribution in [3.63, 3.8) is 0 Å². The average molecular weight is 536 g/mol. The summed E-state index contributed by atoms with van der Waals surface area (Å²) in [5.41, 5.74) is 8.67. The summed E-state index contributed by atoms with van der Waals surface area (Å²) in [5, 5.41) is 19.9. The number of amides is 1. The van der Waals surface area contributed by atoms with Gasteiger partial charge in [-0.25, -0.2) is 8.42 Å². The lowest BCUT2D eigenvalue weighted by Gasteiger charge is -2.41. The number of piperazine rings is 1. The number of carbonyl (C=O) groups is 2. The van der Waals surface area contributed by atoms with Crippen LogP contribution in [0.5, 0.6) is 0 Å². The van der Waals surface area contributed by atoms with Gasteiger partial charge in [-0.3, -0.25) is 19.9 Å². The van der Waals surface area contributed by atoms with Gasteiger partial charge in [0, 0.05) is 48.4 Å². The van der Waals surface area contributed by atoms with Gasteiger partial charge in [0.15, 0.2) is 9.84 Å². The first-order chi connectivity index (χ1) is 18.0. The monoisotopic (exact) mass is 535 g/mol. The molecule has 198 valence electrons. The molecule has 0 spiro atoms. The van der Waals surface area contributed by atoms with E-state index >= 15 is 0 Å². The first kappa shape index (κ1) is 26.8. The number of sulfone groups is 1. The number of amidine groups is 1. The molecule has 1 amide bonds. The first-order valence-electron chi connectivity index (χ1n) is 11.9. The topological polar surface area (TPSA) is 157 Å². The molecule has 1 unspecified atom stereocenters. The van der Waals surface area contributed by atoms with Crippen molar-refractivity contribution in [3.05, 3.63) is 78.4 Å². The number of hydrogen-bond donors (Lipinski definition) is 4. The number of hydrogen-bond acceptors (Lipinski definition) is 7. The molecule has 1 heterocycles. The van der Waals surface area contributed by atoms with E-state index in [1.165, 1.54) is 0 Å². The number of nitrogens with zero attached hydrogens (tertiary/aromatic N) is 2.